The predicted octanol–water partition coefficient (Wildman–Crippen LogP) is 2.28. The monoisotopic (exact) mass is 227 g/mol. The lowest BCUT2D eigenvalue weighted by atomic mass is 10.0. The van der Waals surface area contributed by atoms with Crippen LogP contribution in [0.3, 0.4) is 0 Å². The summed E-state index contributed by atoms with van der Waals surface area (Å²) in [4.78, 5) is 12.2. The molecule has 0 unspecified atom stereocenters. The Morgan fingerprint density at radius 1 is 1.00 bits per heavy atom. The van der Waals surface area contributed by atoms with Crippen molar-refractivity contribution in [2.24, 2.45) is 0 Å². The van der Waals surface area contributed by atoms with Gasteiger partial charge in [-0.05, 0) is 12.1 Å². The lowest BCUT2D eigenvalue weighted by Gasteiger charge is -2.09. The Balaban J connectivity index is 2.37. The summed E-state index contributed by atoms with van der Waals surface area (Å²) >= 11 is 0. The molecule has 0 fully saturated rings. The molecule has 0 saturated heterocycles. The zero-order chi connectivity index (χ0) is 12.1. The highest BCUT2D eigenvalue weighted by Gasteiger charge is 2.12. The summed E-state index contributed by atoms with van der Waals surface area (Å²) in [6.07, 6.45) is 0. The molecular weight excluding hydrogens is 214 g/mol. The molecule has 0 saturated carbocycles. The van der Waals surface area contributed by atoms with E-state index in [0.29, 0.717) is 16.8 Å². The molecule has 0 spiro atoms. The number of nitrogens with one attached hydrogen (secondary N) is 1. The minimum Gasteiger partial charge on any atom is -0.377 e. The van der Waals surface area contributed by atoms with Gasteiger partial charge in [-0.1, -0.05) is 42.5 Å². The average Bonchev–Trinajstić information content (AvgIpc) is 2.40. The second-order valence-electron chi connectivity index (χ2n) is 3.58. The fourth-order valence-corrected chi connectivity index (χ4v) is 1.67. The van der Waals surface area contributed by atoms with E-state index in [-0.39, 0.29) is 12.5 Å². The predicted molar refractivity (Wildman–Crippen MR) is 67.0 cm³/mol. The normalized spacial score (nSPS) is 9.94. The van der Waals surface area contributed by atoms with Gasteiger partial charge >= 0.3 is 0 Å². The van der Waals surface area contributed by atoms with E-state index in [1.807, 2.05) is 24.3 Å². The van der Waals surface area contributed by atoms with Gasteiger partial charge in [-0.2, -0.15) is 0 Å². The number of hydrogen-bond acceptors (Lipinski definition) is 3. The third kappa shape index (κ3) is 2.52. The molecule has 2 aromatic carbocycles. The number of carbonyl (C=O) groups is 1. The first-order valence-electron chi connectivity index (χ1n) is 5.36. The molecular formula is C14H13NO2. The number of anilines is 1. The molecule has 3 nitrogen and oxygen atoms in total. The second-order valence-corrected chi connectivity index (χ2v) is 3.58. The summed E-state index contributed by atoms with van der Waals surface area (Å²) in [6.45, 7) is -0.195. The van der Waals surface area contributed by atoms with Crippen molar-refractivity contribution in [3.05, 3.63) is 65.7 Å². The molecule has 2 N–H and O–H groups in total. The van der Waals surface area contributed by atoms with Crippen LogP contribution >= 0.6 is 0 Å². The molecule has 0 aliphatic heterocycles. The summed E-state index contributed by atoms with van der Waals surface area (Å²) < 4.78 is 0. The lowest BCUT2D eigenvalue weighted by molar-refractivity contribution is 0.103. The number of rotatable bonds is 4. The van der Waals surface area contributed by atoms with Gasteiger partial charge in [0.05, 0.1) is 0 Å². The first-order chi connectivity index (χ1) is 8.33. The molecule has 2 rings (SSSR count). The molecule has 17 heavy (non-hydrogen) atoms. The van der Waals surface area contributed by atoms with Gasteiger partial charge in [-0.3, -0.25) is 4.79 Å². The molecule has 0 aliphatic carbocycles. The zero-order valence-corrected chi connectivity index (χ0v) is 9.26. The Morgan fingerprint density at radius 3 is 2.35 bits per heavy atom. The van der Waals surface area contributed by atoms with E-state index in [0.717, 1.165) is 0 Å². The SMILES string of the molecule is O=C(c1ccccc1)c1ccccc1NCO. The number of aliphatic hydroxyl groups is 1. The minimum absolute atomic E-state index is 0.0536. The summed E-state index contributed by atoms with van der Waals surface area (Å²) in [7, 11) is 0. The molecule has 0 atom stereocenters. The fraction of sp³-hybridized carbons (Fsp3) is 0.0714. The van der Waals surface area contributed by atoms with E-state index >= 15 is 0 Å². The maximum atomic E-state index is 12.2. The standard InChI is InChI=1S/C14H13NO2/c16-10-15-13-9-5-4-8-12(13)14(17)11-6-2-1-3-7-11/h1-9,15-16H,10H2. The van der Waals surface area contributed by atoms with Crippen molar-refractivity contribution >= 4 is 11.5 Å². The highest BCUT2D eigenvalue weighted by molar-refractivity contribution is 6.12. The Kier molecular flexibility index (Phi) is 3.52. The van der Waals surface area contributed by atoms with Crippen molar-refractivity contribution in [2.75, 3.05) is 12.0 Å². The van der Waals surface area contributed by atoms with Crippen LogP contribution < -0.4 is 5.32 Å². The zero-order valence-electron chi connectivity index (χ0n) is 9.26. The van der Waals surface area contributed by atoms with E-state index in [4.69, 9.17) is 5.11 Å². The van der Waals surface area contributed by atoms with E-state index in [9.17, 15) is 4.79 Å². The van der Waals surface area contributed by atoms with E-state index < -0.39 is 0 Å². The average molecular weight is 227 g/mol. The molecule has 86 valence electrons. The van der Waals surface area contributed by atoms with Crippen molar-refractivity contribution in [3.8, 4) is 0 Å². The van der Waals surface area contributed by atoms with Crippen molar-refractivity contribution in [1.29, 1.82) is 0 Å². The summed E-state index contributed by atoms with van der Waals surface area (Å²) in [6, 6.07) is 16.2. The molecule has 0 aromatic heterocycles. The fourth-order valence-electron chi connectivity index (χ4n) is 1.67. The topological polar surface area (TPSA) is 49.3 Å². The quantitative estimate of drug-likeness (QED) is 0.622. The minimum atomic E-state index is -0.195. The Morgan fingerprint density at radius 2 is 1.65 bits per heavy atom. The smallest absolute Gasteiger partial charge is 0.195 e. The van der Waals surface area contributed by atoms with Crippen LogP contribution in [0.4, 0.5) is 5.69 Å². The van der Waals surface area contributed by atoms with E-state index in [1.54, 1.807) is 30.3 Å². The summed E-state index contributed by atoms with van der Waals surface area (Å²) in [5.74, 6) is -0.0536. The number of para-hydroxylation sites is 1. The van der Waals surface area contributed by atoms with Gasteiger partial charge in [0.15, 0.2) is 5.78 Å². The van der Waals surface area contributed by atoms with Crippen LogP contribution in [0.15, 0.2) is 54.6 Å². The molecule has 0 aliphatic rings. The summed E-state index contributed by atoms with van der Waals surface area (Å²) in [5.41, 5.74) is 1.84. The molecule has 0 bridgehead atoms. The van der Waals surface area contributed by atoms with Gasteiger partial charge in [0.2, 0.25) is 0 Å². The Hall–Kier alpha value is -2.13. The third-order valence-electron chi connectivity index (χ3n) is 2.48. The maximum Gasteiger partial charge on any atom is 0.195 e. The van der Waals surface area contributed by atoms with Gasteiger partial charge in [-0.25, -0.2) is 0 Å². The lowest BCUT2D eigenvalue weighted by Crippen LogP contribution is -2.08. The molecule has 0 amide bonds. The largest absolute Gasteiger partial charge is 0.377 e. The van der Waals surface area contributed by atoms with Crippen LogP contribution in [-0.2, 0) is 0 Å². The summed E-state index contributed by atoms with van der Waals surface area (Å²) in [5, 5.41) is 11.6. The van der Waals surface area contributed by atoms with Gasteiger partial charge in [0, 0.05) is 16.8 Å². The van der Waals surface area contributed by atoms with Crippen LogP contribution in [0.2, 0.25) is 0 Å². The molecule has 3 heteroatoms. The van der Waals surface area contributed by atoms with Crippen molar-refractivity contribution in [2.45, 2.75) is 0 Å². The van der Waals surface area contributed by atoms with Crippen LogP contribution in [0.5, 0.6) is 0 Å². The van der Waals surface area contributed by atoms with Crippen LogP contribution in [0, 0.1) is 0 Å². The Bertz CT molecular complexity index is 509. The van der Waals surface area contributed by atoms with Crippen molar-refractivity contribution in [1.82, 2.24) is 0 Å². The van der Waals surface area contributed by atoms with Crippen LogP contribution in [-0.4, -0.2) is 17.6 Å². The highest BCUT2D eigenvalue weighted by atomic mass is 16.3. The van der Waals surface area contributed by atoms with Crippen LogP contribution in [0.25, 0.3) is 0 Å². The van der Waals surface area contributed by atoms with Gasteiger partial charge in [0.1, 0.15) is 6.73 Å². The molecule has 0 radical (unpaired) electrons. The third-order valence-corrected chi connectivity index (χ3v) is 2.48. The first kappa shape index (κ1) is 11.4. The second kappa shape index (κ2) is 5.27. The van der Waals surface area contributed by atoms with Gasteiger partial charge < -0.3 is 10.4 Å². The Labute approximate surface area is 99.7 Å². The van der Waals surface area contributed by atoms with Crippen LogP contribution in [0.1, 0.15) is 15.9 Å². The first-order valence-corrected chi connectivity index (χ1v) is 5.36. The number of ketones is 1. The van der Waals surface area contributed by atoms with E-state index in [1.165, 1.54) is 0 Å². The van der Waals surface area contributed by atoms with Gasteiger partial charge in [-0.15, -0.1) is 0 Å². The number of hydrogen-bond donors (Lipinski definition) is 2. The van der Waals surface area contributed by atoms with Gasteiger partial charge in [0.25, 0.3) is 0 Å². The molecule has 2 aromatic rings. The van der Waals surface area contributed by atoms with Crippen molar-refractivity contribution in [3.63, 3.8) is 0 Å². The molecule has 0 heterocycles. The number of carbonyl (C=O) groups excluding carboxylic acids is 1. The van der Waals surface area contributed by atoms with Crippen molar-refractivity contribution < 1.29 is 9.90 Å². The number of benzene rings is 2. The number of aliphatic hydroxyl groups excluding tert-OH is 1. The highest BCUT2D eigenvalue weighted by Crippen LogP contribution is 2.18. The van der Waals surface area contributed by atoms with E-state index in [2.05, 4.69) is 5.32 Å². The maximum absolute atomic E-state index is 12.2.